The molecule has 34 heavy (non-hydrogen) atoms. The Morgan fingerprint density at radius 1 is 1.21 bits per heavy atom. The normalized spacial score (nSPS) is 25.2. The van der Waals surface area contributed by atoms with Gasteiger partial charge >= 0.3 is 6.09 Å². The lowest BCUT2D eigenvalue weighted by molar-refractivity contribution is -0.119. The average molecular weight is 535 g/mol. The molecule has 9 nitrogen and oxygen atoms in total. The van der Waals surface area contributed by atoms with Crippen LogP contribution in [0.15, 0.2) is 39.4 Å². The third kappa shape index (κ3) is 4.13. The number of benzene rings is 1. The van der Waals surface area contributed by atoms with E-state index >= 15 is 4.39 Å². The van der Waals surface area contributed by atoms with Gasteiger partial charge in [0.2, 0.25) is 5.91 Å². The van der Waals surface area contributed by atoms with E-state index in [4.69, 9.17) is 9.15 Å². The van der Waals surface area contributed by atoms with Gasteiger partial charge in [-0.3, -0.25) is 14.5 Å². The summed E-state index contributed by atoms with van der Waals surface area (Å²) in [5.41, 5.74) is 0.884. The highest BCUT2D eigenvalue weighted by atomic mass is 79.9. The molecule has 1 aromatic carbocycles. The van der Waals surface area contributed by atoms with E-state index in [0.717, 1.165) is 0 Å². The molecule has 1 unspecified atom stereocenters. The molecule has 3 aliphatic rings. The molecule has 11 heteroatoms. The van der Waals surface area contributed by atoms with E-state index in [0.29, 0.717) is 29.1 Å². The molecular weight excluding hydrogens is 511 g/mol. The number of furan rings is 1. The van der Waals surface area contributed by atoms with Gasteiger partial charge in [0.25, 0.3) is 5.91 Å². The Hall–Kier alpha value is -3.08. The second-order valence-electron chi connectivity index (χ2n) is 8.93. The quantitative estimate of drug-likeness (QED) is 0.612. The largest absolute Gasteiger partial charge is 0.444 e. The molecule has 3 amide bonds. The molecule has 2 aliphatic heterocycles. The van der Waals surface area contributed by atoms with Crippen LogP contribution in [0.5, 0.6) is 0 Å². The molecule has 1 N–H and O–H groups in total. The van der Waals surface area contributed by atoms with Crippen LogP contribution in [0.4, 0.5) is 20.6 Å². The van der Waals surface area contributed by atoms with Crippen molar-refractivity contribution < 1.29 is 27.9 Å². The summed E-state index contributed by atoms with van der Waals surface area (Å²) in [6, 6.07) is 8.15. The van der Waals surface area contributed by atoms with Gasteiger partial charge in [-0.15, -0.1) is 0 Å². The van der Waals surface area contributed by atoms with Crippen LogP contribution in [0.1, 0.15) is 17.5 Å². The Morgan fingerprint density at radius 3 is 2.56 bits per heavy atom. The number of hydrogen-bond donors (Lipinski definition) is 1. The predicted octanol–water partition coefficient (Wildman–Crippen LogP) is 2.85. The van der Waals surface area contributed by atoms with Gasteiger partial charge in [-0.25, -0.2) is 9.18 Å². The van der Waals surface area contributed by atoms with Crippen molar-refractivity contribution in [3.63, 3.8) is 0 Å². The Bertz CT molecular complexity index is 1140. The maximum absolute atomic E-state index is 15.0. The summed E-state index contributed by atoms with van der Waals surface area (Å²) in [4.78, 5) is 41.0. The van der Waals surface area contributed by atoms with E-state index in [9.17, 15) is 14.4 Å². The summed E-state index contributed by atoms with van der Waals surface area (Å²) >= 11 is 3.21. The van der Waals surface area contributed by atoms with Crippen molar-refractivity contribution in [2.75, 3.05) is 43.0 Å². The van der Waals surface area contributed by atoms with Gasteiger partial charge in [0.15, 0.2) is 10.4 Å². The van der Waals surface area contributed by atoms with Crippen molar-refractivity contribution in [2.24, 2.45) is 11.8 Å². The smallest absolute Gasteiger partial charge is 0.414 e. The van der Waals surface area contributed by atoms with Gasteiger partial charge < -0.3 is 24.3 Å². The highest BCUT2D eigenvalue weighted by molar-refractivity contribution is 9.10. The fourth-order valence-corrected chi connectivity index (χ4v) is 5.33. The molecule has 5 rings (SSSR count). The predicted molar refractivity (Wildman–Crippen MR) is 124 cm³/mol. The first-order valence-electron chi connectivity index (χ1n) is 11.0. The summed E-state index contributed by atoms with van der Waals surface area (Å²) < 4.78 is 26.2. The Balaban J connectivity index is 1.20. The van der Waals surface area contributed by atoms with Crippen molar-refractivity contribution in [1.29, 1.82) is 0 Å². The molecular formula is C23H24BrFN4O5. The minimum absolute atomic E-state index is 0.106. The van der Waals surface area contributed by atoms with E-state index in [1.54, 1.807) is 36.2 Å². The van der Waals surface area contributed by atoms with Crippen LogP contribution in [0.25, 0.3) is 0 Å². The van der Waals surface area contributed by atoms with E-state index in [2.05, 4.69) is 21.2 Å². The number of nitrogens with one attached hydrogen (secondary N) is 1. The van der Waals surface area contributed by atoms with Crippen LogP contribution < -0.4 is 15.1 Å². The average Bonchev–Trinajstić information content (AvgIpc) is 3.17. The first-order valence-corrected chi connectivity index (χ1v) is 11.8. The van der Waals surface area contributed by atoms with E-state index in [1.807, 2.05) is 4.90 Å². The number of rotatable bonds is 6. The van der Waals surface area contributed by atoms with Crippen molar-refractivity contribution in [3.05, 3.63) is 46.6 Å². The van der Waals surface area contributed by atoms with Gasteiger partial charge in [-0.05, 0) is 46.3 Å². The number of carbonyl (C=O) groups excluding carboxylic acids is 3. The van der Waals surface area contributed by atoms with Gasteiger partial charge in [-0.2, -0.15) is 0 Å². The number of amides is 3. The number of nitrogens with zero attached hydrogens (tertiary/aromatic N) is 3. The van der Waals surface area contributed by atoms with E-state index in [1.165, 1.54) is 17.9 Å². The van der Waals surface area contributed by atoms with Crippen molar-refractivity contribution in [2.45, 2.75) is 19.1 Å². The second kappa shape index (κ2) is 8.61. The summed E-state index contributed by atoms with van der Waals surface area (Å²) in [5.74, 6) is 0.0434. The molecule has 1 aromatic heterocycles. The SMILES string of the molecule is CC(=O)NC[C@H]1CN(c2ccc(N3C[C@@H]4C(N(C)C(=O)c5ccc(Br)o5)[C@@H]4C3)c(F)c2)C(=O)O1. The number of carbonyl (C=O) groups is 3. The molecule has 0 spiro atoms. The number of anilines is 2. The zero-order valence-electron chi connectivity index (χ0n) is 18.7. The Kier molecular flexibility index (Phi) is 5.75. The van der Waals surface area contributed by atoms with Gasteiger partial charge in [0.1, 0.15) is 11.9 Å². The second-order valence-corrected chi connectivity index (χ2v) is 9.71. The Labute approximate surface area is 203 Å². The number of hydrogen-bond acceptors (Lipinski definition) is 6. The summed E-state index contributed by atoms with van der Waals surface area (Å²) in [6.45, 7) is 3.14. The molecule has 4 atom stereocenters. The minimum atomic E-state index is -0.566. The minimum Gasteiger partial charge on any atom is -0.444 e. The van der Waals surface area contributed by atoms with Crippen LogP contribution in [-0.4, -0.2) is 68.2 Å². The first-order chi connectivity index (χ1) is 16.2. The zero-order valence-corrected chi connectivity index (χ0v) is 20.2. The number of fused-ring (bicyclic) bond motifs is 1. The van der Waals surface area contributed by atoms with Gasteiger partial charge in [-0.1, -0.05) is 0 Å². The monoisotopic (exact) mass is 534 g/mol. The van der Waals surface area contributed by atoms with Crippen molar-refractivity contribution in [3.8, 4) is 0 Å². The fourth-order valence-electron chi connectivity index (χ4n) is 5.02. The topological polar surface area (TPSA) is 95.3 Å². The summed E-state index contributed by atoms with van der Waals surface area (Å²) in [6.07, 6.45) is -1.05. The molecule has 0 radical (unpaired) electrons. The molecule has 180 valence electrons. The lowest BCUT2D eigenvalue weighted by Gasteiger charge is -2.26. The number of piperidine rings is 1. The maximum atomic E-state index is 15.0. The number of cyclic esters (lactones) is 1. The Morgan fingerprint density at radius 2 is 1.94 bits per heavy atom. The lowest BCUT2D eigenvalue weighted by Crippen LogP contribution is -2.36. The van der Waals surface area contributed by atoms with E-state index < -0.39 is 18.0 Å². The highest BCUT2D eigenvalue weighted by Crippen LogP contribution is 2.50. The zero-order chi connectivity index (χ0) is 24.1. The molecule has 1 saturated carbocycles. The van der Waals surface area contributed by atoms with Crippen LogP contribution in [-0.2, 0) is 9.53 Å². The number of halogens is 2. The van der Waals surface area contributed by atoms with Gasteiger partial charge in [0.05, 0.1) is 24.5 Å². The molecule has 1 aliphatic carbocycles. The third-order valence-corrected chi connectivity index (χ3v) is 7.16. The lowest BCUT2D eigenvalue weighted by atomic mass is 10.2. The molecule has 0 bridgehead atoms. The molecule has 2 saturated heterocycles. The van der Waals surface area contributed by atoms with Crippen molar-refractivity contribution in [1.82, 2.24) is 10.2 Å². The molecule has 2 aromatic rings. The third-order valence-electron chi connectivity index (χ3n) is 6.74. The highest BCUT2D eigenvalue weighted by Gasteiger charge is 2.59. The molecule has 3 fully saturated rings. The standard InChI is InChI=1S/C23H24BrFN4O5/c1-12(30)26-8-14-9-29(23(32)33-14)13-3-4-18(17(25)7-13)28-10-15-16(11-28)21(15)27(2)22(31)19-5-6-20(24)34-19/h3-7,14-16,21H,8-11H2,1-2H3,(H,26,30)/t14-,15-,16+,21?/m0/s1. The number of ether oxygens (including phenoxy) is 1. The first kappa shape index (κ1) is 22.7. The van der Waals surface area contributed by atoms with Crippen LogP contribution in [0.3, 0.4) is 0 Å². The van der Waals surface area contributed by atoms with Crippen molar-refractivity contribution >= 4 is 45.2 Å². The van der Waals surface area contributed by atoms with Crippen LogP contribution >= 0.6 is 15.9 Å². The summed E-state index contributed by atoms with van der Waals surface area (Å²) in [7, 11) is 1.77. The fraction of sp³-hybridized carbons (Fsp3) is 0.435. The van der Waals surface area contributed by atoms with Crippen LogP contribution in [0.2, 0.25) is 0 Å². The summed E-state index contributed by atoms with van der Waals surface area (Å²) in [5, 5.41) is 2.62. The van der Waals surface area contributed by atoms with E-state index in [-0.39, 0.29) is 48.5 Å². The molecule has 3 heterocycles. The van der Waals surface area contributed by atoms with Crippen LogP contribution in [0, 0.1) is 17.7 Å². The van der Waals surface area contributed by atoms with Gasteiger partial charge in [0, 0.05) is 44.9 Å². The maximum Gasteiger partial charge on any atom is 0.414 e.